The molecule has 0 atom stereocenters. The van der Waals surface area contributed by atoms with E-state index in [9.17, 15) is 9.59 Å². The van der Waals surface area contributed by atoms with Crippen LogP contribution < -0.4 is 15.6 Å². The van der Waals surface area contributed by atoms with Crippen LogP contribution in [0.4, 0.5) is 0 Å². The molecule has 3 aromatic rings. The number of hydrogen-bond donors (Lipinski definition) is 2. The molecule has 0 aliphatic rings. The van der Waals surface area contributed by atoms with Gasteiger partial charge in [0.2, 0.25) is 5.91 Å². The largest absolute Gasteiger partial charge is 0.496 e. The number of nitrogens with one attached hydrogen (secondary N) is 2. The number of amides is 2. The van der Waals surface area contributed by atoms with Gasteiger partial charge in [0.1, 0.15) is 11.3 Å². The van der Waals surface area contributed by atoms with Gasteiger partial charge in [-0.25, -0.2) is 0 Å². The monoisotopic (exact) mass is 386 g/mol. The third-order valence-corrected chi connectivity index (χ3v) is 4.44. The van der Waals surface area contributed by atoms with Gasteiger partial charge in [-0.15, -0.1) is 0 Å². The lowest BCUT2D eigenvalue weighted by Gasteiger charge is -2.10. The van der Waals surface area contributed by atoms with Gasteiger partial charge in [0, 0.05) is 16.0 Å². The van der Waals surface area contributed by atoms with Gasteiger partial charge in [-0.2, -0.15) is 0 Å². The summed E-state index contributed by atoms with van der Waals surface area (Å²) in [4.78, 5) is 24.5. The van der Waals surface area contributed by atoms with Gasteiger partial charge >= 0.3 is 0 Å². The first-order valence-corrected chi connectivity index (χ1v) is 8.81. The molecule has 0 aliphatic heterocycles. The van der Waals surface area contributed by atoms with Gasteiger partial charge in [0.05, 0.1) is 25.4 Å². The zero-order valence-electron chi connectivity index (χ0n) is 15.0. The van der Waals surface area contributed by atoms with Crippen molar-refractivity contribution in [1.29, 1.82) is 0 Å². The molecular formula is C20H19ClN2O4. The van der Waals surface area contributed by atoms with Gasteiger partial charge in [0.15, 0.2) is 0 Å². The highest BCUT2D eigenvalue weighted by Gasteiger charge is 2.15. The lowest BCUT2D eigenvalue weighted by atomic mass is 10.1. The molecule has 0 fully saturated rings. The van der Waals surface area contributed by atoms with Gasteiger partial charge < -0.3 is 9.15 Å². The third-order valence-electron chi connectivity index (χ3n) is 4.20. The van der Waals surface area contributed by atoms with E-state index in [1.54, 1.807) is 18.4 Å². The summed E-state index contributed by atoms with van der Waals surface area (Å²) in [5.41, 5.74) is 7.65. The van der Waals surface area contributed by atoms with E-state index >= 15 is 0 Å². The zero-order chi connectivity index (χ0) is 19.4. The van der Waals surface area contributed by atoms with Crippen molar-refractivity contribution in [2.24, 2.45) is 0 Å². The molecule has 0 saturated carbocycles. The number of fused-ring (bicyclic) bond motifs is 1. The van der Waals surface area contributed by atoms with Crippen LogP contribution in [0.5, 0.6) is 5.75 Å². The van der Waals surface area contributed by atoms with Crippen molar-refractivity contribution in [3.8, 4) is 5.75 Å². The van der Waals surface area contributed by atoms with Gasteiger partial charge in [-0.05, 0) is 36.2 Å². The molecule has 6 nitrogen and oxygen atoms in total. The number of rotatable bonds is 5. The van der Waals surface area contributed by atoms with E-state index in [0.717, 1.165) is 28.5 Å². The second kappa shape index (κ2) is 8.14. The fraction of sp³-hybridized carbons (Fsp3) is 0.200. The number of hydrazine groups is 1. The molecule has 0 unspecified atom stereocenters. The number of hydrogen-bond acceptors (Lipinski definition) is 4. The van der Waals surface area contributed by atoms with Crippen LogP contribution in [0.15, 0.2) is 47.1 Å². The summed E-state index contributed by atoms with van der Waals surface area (Å²) in [5.74, 6) is -0.530. The number of methoxy groups -OCH3 is 1. The van der Waals surface area contributed by atoms with Gasteiger partial charge in [0.25, 0.3) is 5.91 Å². The molecule has 0 saturated heterocycles. The second-order valence-corrected chi connectivity index (χ2v) is 6.41. The van der Waals surface area contributed by atoms with Crippen molar-refractivity contribution in [2.75, 3.05) is 7.11 Å². The number of furan rings is 1. The summed E-state index contributed by atoms with van der Waals surface area (Å²) in [6.45, 7) is 2.07. The Balaban J connectivity index is 1.65. The number of carbonyl (C=O) groups excluding carboxylic acids is 2. The number of ether oxygens (including phenoxy) is 1. The van der Waals surface area contributed by atoms with E-state index in [1.165, 1.54) is 13.2 Å². The summed E-state index contributed by atoms with van der Waals surface area (Å²) in [6, 6.07) is 10.6. The van der Waals surface area contributed by atoms with Crippen molar-refractivity contribution in [1.82, 2.24) is 10.9 Å². The van der Waals surface area contributed by atoms with Crippen LogP contribution in [-0.4, -0.2) is 18.9 Å². The quantitative estimate of drug-likeness (QED) is 0.656. The van der Waals surface area contributed by atoms with E-state index in [-0.39, 0.29) is 17.9 Å². The maximum atomic E-state index is 12.3. The van der Waals surface area contributed by atoms with Crippen LogP contribution >= 0.6 is 11.6 Å². The molecule has 0 bridgehead atoms. The summed E-state index contributed by atoms with van der Waals surface area (Å²) >= 11 is 5.92. The molecule has 0 aliphatic carbocycles. The first-order chi connectivity index (χ1) is 13.0. The van der Waals surface area contributed by atoms with Crippen LogP contribution in [0.25, 0.3) is 11.0 Å². The smallest absolute Gasteiger partial charge is 0.273 e. The van der Waals surface area contributed by atoms with Crippen molar-refractivity contribution < 1.29 is 18.7 Å². The lowest BCUT2D eigenvalue weighted by Crippen LogP contribution is -2.42. The van der Waals surface area contributed by atoms with E-state index in [1.807, 2.05) is 18.2 Å². The van der Waals surface area contributed by atoms with Crippen LogP contribution in [0.1, 0.15) is 28.4 Å². The van der Waals surface area contributed by atoms with Crippen molar-refractivity contribution in [2.45, 2.75) is 19.8 Å². The third kappa shape index (κ3) is 4.23. The molecule has 2 N–H and O–H groups in total. The highest BCUT2D eigenvalue weighted by molar-refractivity contribution is 6.31. The Morgan fingerprint density at radius 3 is 2.70 bits per heavy atom. The van der Waals surface area contributed by atoms with E-state index < -0.39 is 5.91 Å². The molecule has 0 spiro atoms. The van der Waals surface area contributed by atoms with Crippen molar-refractivity contribution >= 4 is 34.4 Å². The number of benzene rings is 2. The van der Waals surface area contributed by atoms with Gasteiger partial charge in [-0.1, -0.05) is 30.7 Å². The Kier molecular flexibility index (Phi) is 5.66. The topological polar surface area (TPSA) is 80.6 Å². The van der Waals surface area contributed by atoms with E-state index in [2.05, 4.69) is 17.8 Å². The molecular weight excluding hydrogens is 368 g/mol. The van der Waals surface area contributed by atoms with E-state index in [4.69, 9.17) is 20.8 Å². The summed E-state index contributed by atoms with van der Waals surface area (Å²) in [7, 11) is 1.45. The Hall–Kier alpha value is -2.99. The molecule has 1 heterocycles. The van der Waals surface area contributed by atoms with Gasteiger partial charge in [-0.3, -0.25) is 20.4 Å². The standard InChI is InChI=1S/C20H19ClN2O4/c1-3-12-4-6-15-13(11-27-18(15)8-12)9-19(24)22-23-20(25)16-10-14(21)5-7-17(16)26-2/h4-8,10-11H,3,9H2,1-2H3,(H,22,24)(H,23,25). The summed E-state index contributed by atoms with van der Waals surface area (Å²) in [5, 5.41) is 1.27. The minimum atomic E-state index is -0.521. The molecule has 1 aromatic heterocycles. The lowest BCUT2D eigenvalue weighted by molar-refractivity contribution is -0.121. The minimum absolute atomic E-state index is 0.0748. The Labute approximate surface area is 161 Å². The highest BCUT2D eigenvalue weighted by atomic mass is 35.5. The first-order valence-electron chi connectivity index (χ1n) is 8.43. The summed E-state index contributed by atoms with van der Waals surface area (Å²) < 4.78 is 10.7. The normalized spacial score (nSPS) is 10.6. The second-order valence-electron chi connectivity index (χ2n) is 5.97. The van der Waals surface area contributed by atoms with Crippen LogP contribution in [0.3, 0.4) is 0 Å². The Morgan fingerprint density at radius 1 is 1.15 bits per heavy atom. The van der Waals surface area contributed by atoms with Crippen molar-refractivity contribution in [3.05, 3.63) is 64.4 Å². The fourth-order valence-corrected chi connectivity index (χ4v) is 2.93. The first kappa shape index (κ1) is 18.8. The van der Waals surface area contributed by atoms with Crippen molar-refractivity contribution in [3.63, 3.8) is 0 Å². The highest BCUT2D eigenvalue weighted by Crippen LogP contribution is 2.24. The maximum absolute atomic E-state index is 12.3. The van der Waals surface area contributed by atoms with Crippen LogP contribution in [0.2, 0.25) is 5.02 Å². The number of aryl methyl sites for hydroxylation is 1. The molecule has 0 radical (unpaired) electrons. The number of carbonyl (C=O) groups is 2. The summed E-state index contributed by atoms with van der Waals surface area (Å²) in [6.07, 6.45) is 2.54. The average Bonchev–Trinajstić information content (AvgIpc) is 3.07. The molecule has 140 valence electrons. The van der Waals surface area contributed by atoms with Crippen LogP contribution in [-0.2, 0) is 17.6 Å². The SMILES string of the molecule is CCc1ccc2c(CC(=O)NNC(=O)c3cc(Cl)ccc3OC)coc2c1. The Morgan fingerprint density at radius 2 is 1.96 bits per heavy atom. The average molecular weight is 387 g/mol. The number of halogens is 1. The molecule has 3 rings (SSSR count). The molecule has 7 heteroatoms. The predicted molar refractivity (Wildman–Crippen MR) is 103 cm³/mol. The zero-order valence-corrected chi connectivity index (χ0v) is 15.7. The molecule has 2 amide bonds. The fourth-order valence-electron chi connectivity index (χ4n) is 2.75. The Bertz CT molecular complexity index is 997. The van der Waals surface area contributed by atoms with E-state index in [0.29, 0.717) is 10.8 Å². The maximum Gasteiger partial charge on any atom is 0.273 e. The molecule has 27 heavy (non-hydrogen) atoms. The minimum Gasteiger partial charge on any atom is -0.496 e. The van der Waals surface area contributed by atoms with Crippen LogP contribution in [0, 0.1) is 0 Å². The molecule has 2 aromatic carbocycles. The predicted octanol–water partition coefficient (Wildman–Crippen LogP) is 3.66.